The molecule has 7 heteroatoms. The van der Waals surface area contributed by atoms with E-state index in [0.717, 1.165) is 11.3 Å². The van der Waals surface area contributed by atoms with Crippen LogP contribution in [0.3, 0.4) is 0 Å². The average Bonchev–Trinajstić information content (AvgIpc) is 2.99. The van der Waals surface area contributed by atoms with Crippen molar-refractivity contribution in [1.82, 2.24) is 20.1 Å². The van der Waals surface area contributed by atoms with Gasteiger partial charge in [0.05, 0.1) is 23.0 Å². The molecule has 5 nitrogen and oxygen atoms in total. The molecular formula is C12H8N4OS2. The molecule has 0 spiro atoms. The van der Waals surface area contributed by atoms with Crippen molar-refractivity contribution in [3.05, 3.63) is 47.4 Å². The molecule has 3 heterocycles. The zero-order chi connectivity index (χ0) is 13.2. The highest BCUT2D eigenvalue weighted by atomic mass is 32.2. The van der Waals surface area contributed by atoms with Crippen LogP contribution >= 0.6 is 24.0 Å². The lowest BCUT2D eigenvalue weighted by Gasteiger charge is -1.97. The molecule has 0 unspecified atom stereocenters. The van der Waals surface area contributed by atoms with Crippen molar-refractivity contribution in [2.24, 2.45) is 0 Å². The maximum absolute atomic E-state index is 11.5. The predicted octanol–water partition coefficient (Wildman–Crippen LogP) is 1.76. The second-order valence-electron chi connectivity index (χ2n) is 3.78. The van der Waals surface area contributed by atoms with Crippen LogP contribution in [0.15, 0.2) is 41.8 Å². The molecule has 1 fully saturated rings. The minimum absolute atomic E-state index is 0.163. The van der Waals surface area contributed by atoms with Crippen LogP contribution in [0.4, 0.5) is 0 Å². The molecule has 1 amide bonds. The van der Waals surface area contributed by atoms with Crippen molar-refractivity contribution in [3.8, 4) is 5.69 Å². The predicted molar refractivity (Wildman–Crippen MR) is 77.7 cm³/mol. The minimum atomic E-state index is -0.163. The molecule has 94 valence electrons. The van der Waals surface area contributed by atoms with E-state index in [-0.39, 0.29) is 5.91 Å². The first-order chi connectivity index (χ1) is 9.22. The number of carbonyl (C=O) groups excluding carboxylic acids is 1. The molecule has 0 aromatic carbocycles. The van der Waals surface area contributed by atoms with Crippen LogP contribution in [0.25, 0.3) is 11.8 Å². The van der Waals surface area contributed by atoms with E-state index < -0.39 is 0 Å². The van der Waals surface area contributed by atoms with Gasteiger partial charge in [0.2, 0.25) is 0 Å². The van der Waals surface area contributed by atoms with Crippen LogP contribution in [-0.2, 0) is 4.79 Å². The standard InChI is InChI=1S/C12H8N4OS2/c17-11-10(19-12(18)15-11)4-8-5-14-16(7-8)9-2-1-3-13-6-9/h1-7H,(H,15,17,18)/b10-4-. The number of carbonyl (C=O) groups is 1. The van der Waals surface area contributed by atoms with E-state index in [0.29, 0.717) is 9.23 Å². The SMILES string of the molecule is O=C1NC(=S)S/C1=C\c1cnn(-c2cccnc2)c1. The van der Waals surface area contributed by atoms with Gasteiger partial charge in [-0.25, -0.2) is 4.68 Å². The quantitative estimate of drug-likeness (QED) is 0.674. The number of nitrogens with zero attached hydrogens (tertiary/aromatic N) is 3. The zero-order valence-electron chi connectivity index (χ0n) is 9.61. The van der Waals surface area contributed by atoms with Gasteiger partial charge in [0.25, 0.3) is 5.91 Å². The molecule has 1 aliphatic rings. The molecular weight excluding hydrogens is 280 g/mol. The fraction of sp³-hybridized carbons (Fsp3) is 0. The summed E-state index contributed by atoms with van der Waals surface area (Å²) in [5, 5.41) is 6.81. The van der Waals surface area contributed by atoms with Gasteiger partial charge in [-0.1, -0.05) is 24.0 Å². The van der Waals surface area contributed by atoms with Crippen molar-refractivity contribution < 1.29 is 4.79 Å². The number of hydrogen-bond acceptors (Lipinski definition) is 5. The maximum Gasteiger partial charge on any atom is 0.263 e. The second kappa shape index (κ2) is 4.94. The second-order valence-corrected chi connectivity index (χ2v) is 5.50. The molecule has 2 aromatic heterocycles. The number of aromatic nitrogens is 3. The largest absolute Gasteiger partial charge is 0.307 e. The van der Waals surface area contributed by atoms with Gasteiger partial charge in [-0.15, -0.1) is 0 Å². The molecule has 1 N–H and O–H groups in total. The summed E-state index contributed by atoms with van der Waals surface area (Å²) in [7, 11) is 0. The first-order valence-electron chi connectivity index (χ1n) is 5.42. The third-order valence-corrected chi connectivity index (χ3v) is 3.62. The monoisotopic (exact) mass is 288 g/mol. The third kappa shape index (κ3) is 2.56. The molecule has 0 bridgehead atoms. The summed E-state index contributed by atoms with van der Waals surface area (Å²) in [4.78, 5) is 16.2. The first-order valence-corrected chi connectivity index (χ1v) is 6.65. The number of thiocarbonyl (C=S) groups is 1. The Morgan fingerprint density at radius 1 is 1.42 bits per heavy atom. The Labute approximate surface area is 118 Å². The van der Waals surface area contributed by atoms with E-state index in [4.69, 9.17) is 12.2 Å². The van der Waals surface area contributed by atoms with E-state index in [1.54, 1.807) is 29.3 Å². The Balaban J connectivity index is 1.89. The van der Waals surface area contributed by atoms with Crippen LogP contribution in [0.5, 0.6) is 0 Å². The highest BCUT2D eigenvalue weighted by molar-refractivity contribution is 8.26. The van der Waals surface area contributed by atoms with Gasteiger partial charge in [0.15, 0.2) is 0 Å². The molecule has 0 atom stereocenters. The lowest BCUT2D eigenvalue weighted by Crippen LogP contribution is -2.17. The number of rotatable bonds is 2. The summed E-state index contributed by atoms with van der Waals surface area (Å²) in [6, 6.07) is 3.75. The van der Waals surface area contributed by atoms with E-state index in [1.807, 2.05) is 18.3 Å². The van der Waals surface area contributed by atoms with Gasteiger partial charge < -0.3 is 5.32 Å². The topological polar surface area (TPSA) is 59.8 Å². The minimum Gasteiger partial charge on any atom is -0.307 e. The molecule has 1 aliphatic heterocycles. The summed E-state index contributed by atoms with van der Waals surface area (Å²) in [5.74, 6) is -0.163. The Kier molecular flexibility index (Phi) is 3.14. The van der Waals surface area contributed by atoms with Gasteiger partial charge in [0, 0.05) is 18.0 Å². The van der Waals surface area contributed by atoms with Gasteiger partial charge in [-0.05, 0) is 18.2 Å². The van der Waals surface area contributed by atoms with Crippen molar-refractivity contribution in [3.63, 3.8) is 0 Å². The normalized spacial score (nSPS) is 16.9. The smallest absolute Gasteiger partial charge is 0.263 e. The Morgan fingerprint density at radius 3 is 3.00 bits per heavy atom. The highest BCUT2D eigenvalue weighted by Gasteiger charge is 2.22. The molecule has 2 aromatic rings. The van der Waals surface area contributed by atoms with E-state index in [1.165, 1.54) is 11.8 Å². The summed E-state index contributed by atoms with van der Waals surface area (Å²) in [5.41, 5.74) is 1.71. The molecule has 19 heavy (non-hydrogen) atoms. The Morgan fingerprint density at radius 2 is 2.32 bits per heavy atom. The Hall–Kier alpha value is -1.99. The molecule has 0 saturated carbocycles. The van der Waals surface area contributed by atoms with Gasteiger partial charge in [-0.3, -0.25) is 9.78 Å². The fourth-order valence-corrected chi connectivity index (χ4v) is 2.66. The van der Waals surface area contributed by atoms with Gasteiger partial charge >= 0.3 is 0 Å². The van der Waals surface area contributed by atoms with E-state index >= 15 is 0 Å². The summed E-state index contributed by atoms with van der Waals surface area (Å²) in [6.45, 7) is 0. The van der Waals surface area contributed by atoms with Gasteiger partial charge in [0.1, 0.15) is 4.32 Å². The number of pyridine rings is 1. The van der Waals surface area contributed by atoms with E-state index in [9.17, 15) is 4.79 Å². The number of nitrogens with one attached hydrogen (secondary N) is 1. The zero-order valence-corrected chi connectivity index (χ0v) is 11.2. The van der Waals surface area contributed by atoms with Crippen LogP contribution in [0, 0.1) is 0 Å². The van der Waals surface area contributed by atoms with Crippen molar-refractivity contribution in [2.75, 3.05) is 0 Å². The van der Waals surface area contributed by atoms with Crippen LogP contribution < -0.4 is 5.32 Å². The van der Waals surface area contributed by atoms with Crippen LogP contribution in [0.2, 0.25) is 0 Å². The summed E-state index contributed by atoms with van der Waals surface area (Å²) >= 11 is 6.19. The molecule has 0 radical (unpaired) electrons. The maximum atomic E-state index is 11.5. The average molecular weight is 288 g/mol. The highest BCUT2D eigenvalue weighted by Crippen LogP contribution is 2.25. The number of amides is 1. The Bertz CT molecular complexity index is 678. The molecule has 0 aliphatic carbocycles. The lowest BCUT2D eigenvalue weighted by atomic mass is 10.3. The molecule has 1 saturated heterocycles. The molecule has 3 rings (SSSR count). The van der Waals surface area contributed by atoms with Crippen molar-refractivity contribution >= 4 is 40.3 Å². The number of hydrogen-bond donors (Lipinski definition) is 1. The number of thioether (sulfide) groups is 1. The first kappa shape index (κ1) is 12.1. The van der Waals surface area contributed by atoms with Crippen LogP contribution in [-0.4, -0.2) is 25.0 Å². The van der Waals surface area contributed by atoms with Crippen molar-refractivity contribution in [2.45, 2.75) is 0 Å². The lowest BCUT2D eigenvalue weighted by molar-refractivity contribution is -0.115. The van der Waals surface area contributed by atoms with Crippen molar-refractivity contribution in [1.29, 1.82) is 0 Å². The van der Waals surface area contributed by atoms with E-state index in [2.05, 4.69) is 15.4 Å². The fourth-order valence-electron chi connectivity index (χ4n) is 1.61. The van der Waals surface area contributed by atoms with Gasteiger partial charge in [-0.2, -0.15) is 5.10 Å². The summed E-state index contributed by atoms with van der Waals surface area (Å²) in [6.07, 6.45) is 8.71. The third-order valence-electron chi connectivity index (χ3n) is 2.45. The summed E-state index contributed by atoms with van der Waals surface area (Å²) < 4.78 is 2.19. The van der Waals surface area contributed by atoms with Crippen LogP contribution in [0.1, 0.15) is 5.56 Å².